The summed E-state index contributed by atoms with van der Waals surface area (Å²) in [5.74, 6) is -1.43. The number of aliphatic carboxylic acids is 1. The van der Waals surface area contributed by atoms with E-state index >= 15 is 0 Å². The van der Waals surface area contributed by atoms with Gasteiger partial charge in [-0.2, -0.15) is 0 Å². The molecule has 0 bridgehead atoms. The number of carboxylic acid groups (broad SMARTS) is 1. The standard InChI is InChI=1S/C11H17N3O4S2/c1-12-20(17,18)6-5-13-11-14-9-7(10(15)16)3-2-4-8(9)19-11/h7,12H,2-6H2,1H3,(H,13,14)(H,15,16). The second-order valence-electron chi connectivity index (χ2n) is 4.56. The Morgan fingerprint density at radius 1 is 1.55 bits per heavy atom. The highest BCUT2D eigenvalue weighted by Crippen LogP contribution is 2.36. The van der Waals surface area contributed by atoms with Crippen LogP contribution in [0, 0.1) is 0 Å². The first-order valence-electron chi connectivity index (χ1n) is 6.30. The van der Waals surface area contributed by atoms with Crippen LogP contribution in [0.1, 0.15) is 29.3 Å². The average molecular weight is 319 g/mol. The second kappa shape index (κ2) is 6.06. The summed E-state index contributed by atoms with van der Waals surface area (Å²) in [6, 6.07) is 0. The van der Waals surface area contributed by atoms with Crippen LogP contribution in [0.15, 0.2) is 0 Å². The number of thiazole rings is 1. The molecule has 0 spiro atoms. The summed E-state index contributed by atoms with van der Waals surface area (Å²) < 4.78 is 24.8. The van der Waals surface area contributed by atoms with Crippen molar-refractivity contribution in [3.63, 3.8) is 0 Å². The highest BCUT2D eigenvalue weighted by atomic mass is 32.2. The number of hydrogen-bond donors (Lipinski definition) is 3. The molecule has 0 radical (unpaired) electrons. The van der Waals surface area contributed by atoms with Crippen molar-refractivity contribution in [2.45, 2.75) is 25.2 Å². The fourth-order valence-corrected chi connectivity index (χ4v) is 3.79. The normalized spacial score (nSPS) is 18.6. The van der Waals surface area contributed by atoms with E-state index in [9.17, 15) is 13.2 Å². The number of rotatable bonds is 6. The van der Waals surface area contributed by atoms with Gasteiger partial charge in [0, 0.05) is 11.4 Å². The van der Waals surface area contributed by atoms with Crippen LogP contribution < -0.4 is 10.0 Å². The Balaban J connectivity index is 2.03. The predicted octanol–water partition coefficient (Wildman–Crippen LogP) is 0.609. The van der Waals surface area contributed by atoms with E-state index in [0.717, 1.165) is 17.7 Å². The molecule has 0 aromatic carbocycles. The van der Waals surface area contributed by atoms with Gasteiger partial charge < -0.3 is 10.4 Å². The Hall–Kier alpha value is -1.19. The summed E-state index contributed by atoms with van der Waals surface area (Å²) in [7, 11) is -1.88. The van der Waals surface area contributed by atoms with Crippen molar-refractivity contribution in [1.29, 1.82) is 0 Å². The number of aryl methyl sites for hydroxylation is 1. The van der Waals surface area contributed by atoms with Gasteiger partial charge in [-0.25, -0.2) is 18.1 Å². The van der Waals surface area contributed by atoms with Crippen LogP contribution in [0.4, 0.5) is 5.13 Å². The van der Waals surface area contributed by atoms with Gasteiger partial charge in [0.1, 0.15) is 5.92 Å². The van der Waals surface area contributed by atoms with E-state index in [1.165, 1.54) is 18.4 Å². The summed E-state index contributed by atoms with van der Waals surface area (Å²) in [6.45, 7) is 0.243. The van der Waals surface area contributed by atoms with Crippen LogP contribution in [0.25, 0.3) is 0 Å². The van der Waals surface area contributed by atoms with Crippen molar-refractivity contribution >= 4 is 32.5 Å². The molecule has 2 rings (SSSR count). The zero-order chi connectivity index (χ0) is 14.8. The molecule has 0 fully saturated rings. The topological polar surface area (TPSA) is 108 Å². The zero-order valence-corrected chi connectivity index (χ0v) is 12.7. The number of nitrogens with zero attached hydrogens (tertiary/aromatic N) is 1. The number of anilines is 1. The molecule has 1 atom stereocenters. The fraction of sp³-hybridized carbons (Fsp3) is 0.636. The summed E-state index contributed by atoms with van der Waals surface area (Å²) in [4.78, 5) is 16.5. The minimum atomic E-state index is -3.25. The first-order valence-corrected chi connectivity index (χ1v) is 8.77. The number of nitrogens with one attached hydrogen (secondary N) is 2. The highest BCUT2D eigenvalue weighted by molar-refractivity contribution is 7.89. The molecule has 0 aliphatic heterocycles. The molecule has 0 amide bonds. The Labute approximate surface area is 121 Å². The molecule has 7 nitrogen and oxygen atoms in total. The Bertz CT molecular complexity index is 597. The fourth-order valence-electron chi connectivity index (χ4n) is 2.13. The summed E-state index contributed by atoms with van der Waals surface area (Å²) in [5.41, 5.74) is 0.632. The molecule has 3 N–H and O–H groups in total. The van der Waals surface area contributed by atoms with Gasteiger partial charge in [0.2, 0.25) is 10.0 Å². The number of hydrogen-bond acceptors (Lipinski definition) is 6. The van der Waals surface area contributed by atoms with Crippen LogP contribution in [0.5, 0.6) is 0 Å². The molecule has 1 unspecified atom stereocenters. The lowest BCUT2D eigenvalue weighted by atomic mass is 9.91. The molecular weight excluding hydrogens is 302 g/mol. The molecule has 1 aromatic rings. The number of fused-ring (bicyclic) bond motifs is 1. The predicted molar refractivity (Wildman–Crippen MR) is 76.8 cm³/mol. The van der Waals surface area contributed by atoms with Crippen molar-refractivity contribution in [1.82, 2.24) is 9.71 Å². The summed E-state index contributed by atoms with van der Waals surface area (Å²) in [5, 5.41) is 12.7. The summed E-state index contributed by atoms with van der Waals surface area (Å²) >= 11 is 1.41. The number of aromatic nitrogens is 1. The first kappa shape index (κ1) is 15.2. The Kier molecular flexibility index (Phi) is 4.61. The van der Waals surface area contributed by atoms with Gasteiger partial charge in [0.25, 0.3) is 0 Å². The van der Waals surface area contributed by atoms with Gasteiger partial charge in [-0.1, -0.05) is 0 Å². The largest absolute Gasteiger partial charge is 0.481 e. The van der Waals surface area contributed by atoms with Gasteiger partial charge in [0.15, 0.2) is 5.13 Å². The average Bonchev–Trinajstić information content (AvgIpc) is 2.80. The maximum absolute atomic E-state index is 11.3. The van der Waals surface area contributed by atoms with Crippen molar-refractivity contribution in [2.24, 2.45) is 0 Å². The lowest BCUT2D eigenvalue weighted by Crippen LogP contribution is -2.26. The van der Waals surface area contributed by atoms with Crippen molar-refractivity contribution < 1.29 is 18.3 Å². The quantitative estimate of drug-likeness (QED) is 0.709. The summed E-state index contributed by atoms with van der Waals surface area (Å²) in [6.07, 6.45) is 2.30. The van der Waals surface area contributed by atoms with E-state index in [2.05, 4.69) is 15.0 Å². The van der Waals surface area contributed by atoms with E-state index in [-0.39, 0.29) is 12.3 Å². The minimum Gasteiger partial charge on any atom is -0.481 e. The third kappa shape index (κ3) is 3.47. The van der Waals surface area contributed by atoms with Gasteiger partial charge >= 0.3 is 5.97 Å². The van der Waals surface area contributed by atoms with Gasteiger partial charge in [-0.15, -0.1) is 11.3 Å². The molecule has 9 heteroatoms. The maximum Gasteiger partial charge on any atom is 0.312 e. The van der Waals surface area contributed by atoms with Crippen molar-refractivity contribution in [3.8, 4) is 0 Å². The maximum atomic E-state index is 11.3. The lowest BCUT2D eigenvalue weighted by molar-refractivity contribution is -0.139. The third-order valence-electron chi connectivity index (χ3n) is 3.21. The van der Waals surface area contributed by atoms with Crippen molar-refractivity contribution in [3.05, 3.63) is 10.6 Å². The van der Waals surface area contributed by atoms with E-state index in [4.69, 9.17) is 5.11 Å². The van der Waals surface area contributed by atoms with E-state index in [0.29, 0.717) is 17.2 Å². The SMILES string of the molecule is CNS(=O)(=O)CCNc1nc2c(s1)CCCC2C(=O)O. The molecule has 0 saturated heterocycles. The Morgan fingerprint density at radius 2 is 2.30 bits per heavy atom. The first-order chi connectivity index (χ1) is 9.43. The minimum absolute atomic E-state index is 0.0455. The molecule has 20 heavy (non-hydrogen) atoms. The monoisotopic (exact) mass is 319 g/mol. The van der Waals surface area contributed by atoms with Crippen LogP contribution in [-0.2, 0) is 21.2 Å². The number of sulfonamides is 1. The van der Waals surface area contributed by atoms with E-state index in [1.54, 1.807) is 0 Å². The molecule has 1 aliphatic rings. The zero-order valence-electron chi connectivity index (χ0n) is 11.0. The van der Waals surface area contributed by atoms with Crippen LogP contribution in [-0.4, -0.2) is 43.8 Å². The van der Waals surface area contributed by atoms with Gasteiger partial charge in [-0.05, 0) is 26.3 Å². The lowest BCUT2D eigenvalue weighted by Gasteiger charge is -2.16. The van der Waals surface area contributed by atoms with Gasteiger partial charge in [0.05, 0.1) is 11.4 Å². The van der Waals surface area contributed by atoms with Crippen LogP contribution in [0.3, 0.4) is 0 Å². The van der Waals surface area contributed by atoms with Gasteiger partial charge in [-0.3, -0.25) is 4.79 Å². The van der Waals surface area contributed by atoms with Crippen LogP contribution >= 0.6 is 11.3 Å². The smallest absolute Gasteiger partial charge is 0.312 e. The van der Waals surface area contributed by atoms with Crippen molar-refractivity contribution in [2.75, 3.05) is 24.7 Å². The molecular formula is C11H17N3O4S2. The highest BCUT2D eigenvalue weighted by Gasteiger charge is 2.29. The van der Waals surface area contributed by atoms with E-state index in [1.807, 2.05) is 0 Å². The molecule has 1 heterocycles. The third-order valence-corrected chi connectivity index (χ3v) is 5.66. The van der Waals surface area contributed by atoms with E-state index < -0.39 is 21.9 Å². The molecule has 0 saturated carbocycles. The number of carboxylic acids is 1. The molecule has 1 aromatic heterocycles. The number of carbonyl (C=O) groups is 1. The second-order valence-corrected chi connectivity index (χ2v) is 7.69. The Morgan fingerprint density at radius 3 is 2.95 bits per heavy atom. The molecule has 112 valence electrons. The van der Waals surface area contributed by atoms with Crippen LogP contribution in [0.2, 0.25) is 0 Å². The molecule has 1 aliphatic carbocycles.